The fourth-order valence-electron chi connectivity index (χ4n) is 2.59. The van der Waals surface area contributed by atoms with Crippen LogP contribution in [-0.4, -0.2) is 39.7 Å². The summed E-state index contributed by atoms with van der Waals surface area (Å²) < 4.78 is 15.9. The van der Waals surface area contributed by atoms with Gasteiger partial charge in [0.25, 0.3) is 11.8 Å². The Labute approximate surface area is 145 Å². The SMILES string of the molecule is COc1ccc(OC)c(NC(=O)c2cccc3c2OCC(=O)N3C)c1. The number of hydrogen-bond acceptors (Lipinski definition) is 5. The van der Waals surface area contributed by atoms with Gasteiger partial charge in [-0.3, -0.25) is 9.59 Å². The summed E-state index contributed by atoms with van der Waals surface area (Å²) in [6, 6.07) is 10.2. The molecule has 2 aromatic carbocycles. The Kier molecular flexibility index (Phi) is 4.47. The van der Waals surface area contributed by atoms with Crippen LogP contribution in [0.3, 0.4) is 0 Å². The van der Waals surface area contributed by atoms with Gasteiger partial charge < -0.3 is 24.4 Å². The number of nitrogens with zero attached hydrogens (tertiary/aromatic N) is 1. The van der Waals surface area contributed by atoms with Crippen molar-refractivity contribution in [2.75, 3.05) is 38.1 Å². The number of carbonyl (C=O) groups excluding carboxylic acids is 2. The molecule has 3 rings (SSSR count). The van der Waals surface area contributed by atoms with E-state index in [9.17, 15) is 9.59 Å². The number of anilines is 2. The molecule has 2 amide bonds. The maximum atomic E-state index is 12.8. The van der Waals surface area contributed by atoms with E-state index in [0.29, 0.717) is 34.2 Å². The molecule has 0 spiro atoms. The van der Waals surface area contributed by atoms with Gasteiger partial charge in [0.1, 0.15) is 11.5 Å². The molecule has 2 aromatic rings. The first-order valence-electron chi connectivity index (χ1n) is 7.61. The van der Waals surface area contributed by atoms with Crippen LogP contribution in [0.1, 0.15) is 10.4 Å². The van der Waals surface area contributed by atoms with Crippen LogP contribution in [0.15, 0.2) is 36.4 Å². The number of hydrogen-bond donors (Lipinski definition) is 1. The van der Waals surface area contributed by atoms with Gasteiger partial charge in [-0.25, -0.2) is 0 Å². The number of para-hydroxylation sites is 1. The number of ether oxygens (including phenoxy) is 3. The van der Waals surface area contributed by atoms with Gasteiger partial charge in [-0.2, -0.15) is 0 Å². The molecule has 0 unspecified atom stereocenters. The van der Waals surface area contributed by atoms with Crippen molar-refractivity contribution in [2.24, 2.45) is 0 Å². The minimum atomic E-state index is -0.369. The molecule has 0 aromatic heterocycles. The lowest BCUT2D eigenvalue weighted by Crippen LogP contribution is -2.36. The van der Waals surface area contributed by atoms with Gasteiger partial charge in [-0.05, 0) is 24.3 Å². The summed E-state index contributed by atoms with van der Waals surface area (Å²) in [5.74, 6) is 0.939. The number of amides is 2. The van der Waals surface area contributed by atoms with Crippen molar-refractivity contribution < 1.29 is 23.8 Å². The van der Waals surface area contributed by atoms with Crippen LogP contribution in [0.2, 0.25) is 0 Å². The lowest BCUT2D eigenvalue weighted by atomic mass is 10.1. The van der Waals surface area contributed by atoms with Gasteiger partial charge >= 0.3 is 0 Å². The highest BCUT2D eigenvalue weighted by Gasteiger charge is 2.27. The first-order chi connectivity index (χ1) is 12.0. The zero-order valence-corrected chi connectivity index (χ0v) is 14.2. The predicted molar refractivity (Wildman–Crippen MR) is 92.8 cm³/mol. The summed E-state index contributed by atoms with van der Waals surface area (Å²) >= 11 is 0. The number of likely N-dealkylation sites (N-methyl/N-ethyl adjacent to an activating group) is 1. The Morgan fingerprint density at radius 2 is 2.00 bits per heavy atom. The molecule has 0 saturated carbocycles. The number of carbonyl (C=O) groups is 2. The topological polar surface area (TPSA) is 77.1 Å². The third kappa shape index (κ3) is 3.08. The average Bonchev–Trinajstić information content (AvgIpc) is 2.64. The second kappa shape index (κ2) is 6.72. The first kappa shape index (κ1) is 16.6. The van der Waals surface area contributed by atoms with E-state index in [1.165, 1.54) is 12.0 Å². The highest BCUT2D eigenvalue weighted by Crippen LogP contribution is 2.36. The maximum absolute atomic E-state index is 12.8. The van der Waals surface area contributed by atoms with Crippen LogP contribution >= 0.6 is 0 Å². The van der Waals surface area contributed by atoms with Gasteiger partial charge in [0, 0.05) is 13.1 Å². The Hall–Kier alpha value is -3.22. The third-order valence-corrected chi connectivity index (χ3v) is 3.97. The van der Waals surface area contributed by atoms with Crippen molar-refractivity contribution >= 4 is 23.2 Å². The summed E-state index contributed by atoms with van der Waals surface area (Å²) in [6.07, 6.45) is 0. The summed E-state index contributed by atoms with van der Waals surface area (Å²) in [5, 5.41) is 2.80. The molecule has 1 aliphatic rings. The zero-order valence-electron chi connectivity index (χ0n) is 14.2. The summed E-state index contributed by atoms with van der Waals surface area (Å²) in [7, 11) is 4.71. The van der Waals surface area contributed by atoms with Gasteiger partial charge in [-0.1, -0.05) is 6.07 Å². The highest BCUT2D eigenvalue weighted by molar-refractivity contribution is 6.10. The van der Waals surface area contributed by atoms with E-state index < -0.39 is 0 Å². The van der Waals surface area contributed by atoms with E-state index in [2.05, 4.69) is 5.32 Å². The number of benzene rings is 2. The van der Waals surface area contributed by atoms with Crippen LogP contribution < -0.4 is 24.4 Å². The Morgan fingerprint density at radius 1 is 1.20 bits per heavy atom. The van der Waals surface area contributed by atoms with E-state index in [1.54, 1.807) is 50.6 Å². The molecule has 1 N–H and O–H groups in total. The molecule has 7 heteroatoms. The Bertz CT molecular complexity index is 834. The molecule has 0 aliphatic carbocycles. The van der Waals surface area contributed by atoms with Gasteiger partial charge in [-0.15, -0.1) is 0 Å². The van der Waals surface area contributed by atoms with Crippen molar-refractivity contribution in [2.45, 2.75) is 0 Å². The number of nitrogens with one attached hydrogen (secondary N) is 1. The normalized spacial score (nSPS) is 12.9. The Balaban J connectivity index is 1.94. The van der Waals surface area contributed by atoms with E-state index in [4.69, 9.17) is 14.2 Å². The van der Waals surface area contributed by atoms with Crippen molar-refractivity contribution in [3.8, 4) is 17.2 Å². The lowest BCUT2D eigenvalue weighted by Gasteiger charge is -2.27. The van der Waals surface area contributed by atoms with Crippen LogP contribution in [0.25, 0.3) is 0 Å². The zero-order chi connectivity index (χ0) is 18.0. The van der Waals surface area contributed by atoms with Crippen molar-refractivity contribution in [1.29, 1.82) is 0 Å². The second-order valence-electron chi connectivity index (χ2n) is 5.42. The number of methoxy groups -OCH3 is 2. The molecule has 130 valence electrons. The van der Waals surface area contributed by atoms with Gasteiger partial charge in [0.15, 0.2) is 12.4 Å². The van der Waals surface area contributed by atoms with Crippen LogP contribution in [-0.2, 0) is 4.79 Å². The predicted octanol–water partition coefficient (Wildman–Crippen LogP) is 2.31. The molecule has 0 fully saturated rings. The second-order valence-corrected chi connectivity index (χ2v) is 5.42. The van der Waals surface area contributed by atoms with Crippen molar-refractivity contribution in [3.05, 3.63) is 42.0 Å². The molecule has 0 atom stereocenters. The van der Waals surface area contributed by atoms with Crippen molar-refractivity contribution in [3.63, 3.8) is 0 Å². The van der Waals surface area contributed by atoms with E-state index in [0.717, 1.165) is 0 Å². The highest BCUT2D eigenvalue weighted by atomic mass is 16.5. The van der Waals surface area contributed by atoms with E-state index in [-0.39, 0.29) is 18.4 Å². The first-order valence-corrected chi connectivity index (χ1v) is 7.61. The smallest absolute Gasteiger partial charge is 0.264 e. The lowest BCUT2D eigenvalue weighted by molar-refractivity contribution is -0.121. The summed E-state index contributed by atoms with van der Waals surface area (Å²) in [4.78, 5) is 26.0. The van der Waals surface area contributed by atoms with Crippen molar-refractivity contribution in [1.82, 2.24) is 0 Å². The van der Waals surface area contributed by atoms with Crippen LogP contribution in [0.5, 0.6) is 17.2 Å². The van der Waals surface area contributed by atoms with Crippen LogP contribution in [0, 0.1) is 0 Å². The quantitative estimate of drug-likeness (QED) is 0.923. The monoisotopic (exact) mass is 342 g/mol. The van der Waals surface area contributed by atoms with Gasteiger partial charge in [0.2, 0.25) is 0 Å². The standard InChI is InChI=1S/C18H18N2O5/c1-20-14-6-4-5-12(17(14)25-10-16(20)21)18(22)19-13-9-11(23-2)7-8-15(13)24-3/h4-9H,10H2,1-3H3,(H,19,22). The summed E-state index contributed by atoms with van der Waals surface area (Å²) in [6.45, 7) is -0.101. The molecule has 0 saturated heterocycles. The van der Waals surface area contributed by atoms with Crippen LogP contribution in [0.4, 0.5) is 11.4 Å². The number of rotatable bonds is 4. The fraction of sp³-hybridized carbons (Fsp3) is 0.222. The molecule has 0 radical (unpaired) electrons. The third-order valence-electron chi connectivity index (χ3n) is 3.97. The molecule has 1 aliphatic heterocycles. The molecule has 1 heterocycles. The molecular weight excluding hydrogens is 324 g/mol. The van der Waals surface area contributed by atoms with Gasteiger partial charge in [0.05, 0.1) is 31.2 Å². The minimum absolute atomic E-state index is 0.101. The Morgan fingerprint density at radius 3 is 2.72 bits per heavy atom. The largest absolute Gasteiger partial charge is 0.497 e. The number of fused-ring (bicyclic) bond motifs is 1. The average molecular weight is 342 g/mol. The molecule has 0 bridgehead atoms. The van der Waals surface area contributed by atoms with E-state index in [1.807, 2.05) is 0 Å². The van der Waals surface area contributed by atoms with E-state index >= 15 is 0 Å². The fourth-order valence-corrected chi connectivity index (χ4v) is 2.59. The maximum Gasteiger partial charge on any atom is 0.264 e. The summed E-state index contributed by atoms with van der Waals surface area (Å²) in [5.41, 5.74) is 1.37. The molecule has 25 heavy (non-hydrogen) atoms. The minimum Gasteiger partial charge on any atom is -0.497 e. The molecular formula is C18H18N2O5. The molecule has 7 nitrogen and oxygen atoms in total.